The summed E-state index contributed by atoms with van der Waals surface area (Å²) in [6.07, 6.45) is 2.41. The largest absolute Gasteiger partial charge is 0.494 e. The molecule has 3 nitrogen and oxygen atoms in total. The lowest BCUT2D eigenvalue weighted by atomic mass is 10.1. The monoisotopic (exact) mass is 299 g/mol. The summed E-state index contributed by atoms with van der Waals surface area (Å²) < 4.78 is 11.0. The molecule has 0 aliphatic heterocycles. The van der Waals surface area contributed by atoms with Gasteiger partial charge in [0, 0.05) is 11.4 Å². The molecule has 0 amide bonds. The SMILES string of the molecule is Cc1cc(OCCCCl)ccc1-c1nc(CCl)co1. The van der Waals surface area contributed by atoms with E-state index in [1.807, 2.05) is 25.1 Å². The summed E-state index contributed by atoms with van der Waals surface area (Å²) in [6, 6.07) is 5.81. The van der Waals surface area contributed by atoms with Crippen molar-refractivity contribution in [3.05, 3.63) is 35.7 Å². The molecule has 19 heavy (non-hydrogen) atoms. The van der Waals surface area contributed by atoms with E-state index in [0.717, 1.165) is 29.0 Å². The summed E-state index contributed by atoms with van der Waals surface area (Å²) in [6.45, 7) is 2.62. The molecular formula is C14H15Cl2NO2. The quantitative estimate of drug-likeness (QED) is 0.586. The second-order valence-electron chi connectivity index (χ2n) is 4.15. The second kappa shape index (κ2) is 6.83. The van der Waals surface area contributed by atoms with E-state index < -0.39 is 0 Å². The Morgan fingerprint density at radius 3 is 2.79 bits per heavy atom. The van der Waals surface area contributed by atoms with Crippen LogP contribution in [-0.2, 0) is 5.88 Å². The first kappa shape index (κ1) is 14.2. The minimum atomic E-state index is 0.349. The van der Waals surface area contributed by atoms with Gasteiger partial charge in [-0.05, 0) is 37.1 Å². The van der Waals surface area contributed by atoms with Gasteiger partial charge in [0.2, 0.25) is 5.89 Å². The topological polar surface area (TPSA) is 35.3 Å². The zero-order valence-electron chi connectivity index (χ0n) is 10.7. The van der Waals surface area contributed by atoms with E-state index in [-0.39, 0.29) is 0 Å². The lowest BCUT2D eigenvalue weighted by molar-refractivity contribution is 0.318. The smallest absolute Gasteiger partial charge is 0.226 e. The summed E-state index contributed by atoms with van der Waals surface area (Å²) in [5.41, 5.74) is 2.73. The van der Waals surface area contributed by atoms with E-state index in [1.165, 1.54) is 0 Å². The fourth-order valence-corrected chi connectivity index (χ4v) is 1.93. The number of benzene rings is 1. The van der Waals surface area contributed by atoms with E-state index in [1.54, 1.807) is 6.26 Å². The maximum absolute atomic E-state index is 5.71. The van der Waals surface area contributed by atoms with E-state index in [4.69, 9.17) is 32.4 Å². The molecule has 0 saturated carbocycles. The van der Waals surface area contributed by atoms with Gasteiger partial charge in [0.1, 0.15) is 12.0 Å². The average molecular weight is 300 g/mol. The lowest BCUT2D eigenvalue weighted by Crippen LogP contribution is -1.98. The lowest BCUT2D eigenvalue weighted by Gasteiger charge is -2.07. The second-order valence-corrected chi connectivity index (χ2v) is 4.79. The third-order valence-electron chi connectivity index (χ3n) is 2.66. The van der Waals surface area contributed by atoms with Crippen molar-refractivity contribution in [3.63, 3.8) is 0 Å². The number of oxazole rings is 1. The summed E-state index contributed by atoms with van der Waals surface area (Å²) >= 11 is 11.3. The van der Waals surface area contributed by atoms with Crippen molar-refractivity contribution in [2.75, 3.05) is 12.5 Å². The number of alkyl halides is 2. The number of nitrogens with zero attached hydrogens (tertiary/aromatic N) is 1. The highest BCUT2D eigenvalue weighted by Gasteiger charge is 2.09. The molecule has 5 heteroatoms. The normalized spacial score (nSPS) is 10.7. The van der Waals surface area contributed by atoms with Crippen LogP contribution in [0.5, 0.6) is 5.75 Å². The zero-order chi connectivity index (χ0) is 13.7. The number of hydrogen-bond donors (Lipinski definition) is 0. The molecule has 0 aliphatic carbocycles. The van der Waals surface area contributed by atoms with Gasteiger partial charge >= 0.3 is 0 Å². The summed E-state index contributed by atoms with van der Waals surface area (Å²) in [4.78, 5) is 4.31. The van der Waals surface area contributed by atoms with E-state index in [9.17, 15) is 0 Å². The van der Waals surface area contributed by atoms with Crippen LogP contribution in [0.4, 0.5) is 0 Å². The Labute approximate surface area is 122 Å². The Morgan fingerprint density at radius 1 is 1.32 bits per heavy atom. The van der Waals surface area contributed by atoms with Crippen LogP contribution in [-0.4, -0.2) is 17.5 Å². The molecule has 1 heterocycles. The summed E-state index contributed by atoms with van der Waals surface area (Å²) in [7, 11) is 0. The molecule has 0 atom stereocenters. The van der Waals surface area contributed by atoms with Crippen molar-refractivity contribution in [3.8, 4) is 17.2 Å². The molecule has 0 saturated heterocycles. The van der Waals surface area contributed by atoms with Crippen LogP contribution in [0.1, 0.15) is 17.7 Å². The molecular weight excluding hydrogens is 285 g/mol. The van der Waals surface area contributed by atoms with Crippen molar-refractivity contribution in [2.24, 2.45) is 0 Å². The fraction of sp³-hybridized carbons (Fsp3) is 0.357. The minimum absolute atomic E-state index is 0.349. The molecule has 0 aliphatic rings. The number of halogens is 2. The molecule has 0 fully saturated rings. The molecule has 2 rings (SSSR count). The highest BCUT2D eigenvalue weighted by atomic mass is 35.5. The predicted molar refractivity (Wildman–Crippen MR) is 77.1 cm³/mol. The summed E-state index contributed by atoms with van der Waals surface area (Å²) in [5.74, 6) is 2.37. The molecule has 0 N–H and O–H groups in total. The van der Waals surface area contributed by atoms with E-state index in [0.29, 0.717) is 24.3 Å². The van der Waals surface area contributed by atoms with Crippen LogP contribution in [0.3, 0.4) is 0 Å². The van der Waals surface area contributed by atoms with Crippen molar-refractivity contribution < 1.29 is 9.15 Å². The third kappa shape index (κ3) is 3.64. The number of aromatic nitrogens is 1. The van der Waals surface area contributed by atoms with Crippen molar-refractivity contribution in [1.82, 2.24) is 4.98 Å². The molecule has 0 radical (unpaired) electrons. The van der Waals surface area contributed by atoms with Gasteiger partial charge in [-0.2, -0.15) is 0 Å². The first-order chi connectivity index (χ1) is 9.24. The Bertz CT molecular complexity index is 540. The van der Waals surface area contributed by atoms with Crippen LogP contribution < -0.4 is 4.74 Å². The van der Waals surface area contributed by atoms with Crippen molar-refractivity contribution in [1.29, 1.82) is 0 Å². The van der Waals surface area contributed by atoms with Gasteiger partial charge in [-0.1, -0.05) is 0 Å². The van der Waals surface area contributed by atoms with Gasteiger partial charge in [0.15, 0.2) is 0 Å². The maximum atomic E-state index is 5.71. The first-order valence-corrected chi connectivity index (χ1v) is 7.11. The highest BCUT2D eigenvalue weighted by Crippen LogP contribution is 2.26. The van der Waals surface area contributed by atoms with E-state index in [2.05, 4.69) is 4.98 Å². The van der Waals surface area contributed by atoms with Gasteiger partial charge in [0.05, 0.1) is 18.2 Å². The first-order valence-electron chi connectivity index (χ1n) is 6.04. The number of ether oxygens (including phenoxy) is 1. The van der Waals surface area contributed by atoms with Crippen LogP contribution in [0.2, 0.25) is 0 Å². The maximum Gasteiger partial charge on any atom is 0.226 e. The van der Waals surface area contributed by atoms with E-state index >= 15 is 0 Å². The van der Waals surface area contributed by atoms with Gasteiger partial charge in [-0.25, -0.2) is 4.98 Å². The molecule has 102 valence electrons. The molecule has 2 aromatic rings. The Kier molecular flexibility index (Phi) is 5.11. The van der Waals surface area contributed by atoms with Crippen LogP contribution in [0.15, 0.2) is 28.9 Å². The fourth-order valence-electron chi connectivity index (χ4n) is 1.70. The third-order valence-corrected chi connectivity index (χ3v) is 3.20. The van der Waals surface area contributed by atoms with Crippen molar-refractivity contribution >= 4 is 23.2 Å². The Morgan fingerprint density at radius 2 is 2.16 bits per heavy atom. The van der Waals surface area contributed by atoms with Crippen LogP contribution in [0, 0.1) is 6.92 Å². The minimum Gasteiger partial charge on any atom is -0.494 e. The van der Waals surface area contributed by atoms with Gasteiger partial charge in [0.25, 0.3) is 0 Å². The standard InChI is InChI=1S/C14H15Cl2NO2/c1-10-7-12(18-6-2-5-15)3-4-13(10)14-17-11(8-16)9-19-14/h3-4,7,9H,2,5-6,8H2,1H3. The van der Waals surface area contributed by atoms with Gasteiger partial charge in [-0.3, -0.25) is 0 Å². The van der Waals surface area contributed by atoms with Gasteiger partial charge < -0.3 is 9.15 Å². The average Bonchev–Trinajstić information content (AvgIpc) is 2.88. The van der Waals surface area contributed by atoms with Crippen LogP contribution >= 0.6 is 23.2 Å². The molecule has 0 bridgehead atoms. The highest BCUT2D eigenvalue weighted by molar-refractivity contribution is 6.17. The van der Waals surface area contributed by atoms with Crippen molar-refractivity contribution in [2.45, 2.75) is 19.2 Å². The summed E-state index contributed by atoms with van der Waals surface area (Å²) in [5, 5.41) is 0. The van der Waals surface area contributed by atoms with Gasteiger partial charge in [-0.15, -0.1) is 23.2 Å². The number of rotatable bonds is 6. The Balaban J connectivity index is 2.14. The molecule has 0 unspecified atom stereocenters. The number of aryl methyl sites for hydroxylation is 1. The Hall–Kier alpha value is -1.19. The zero-order valence-corrected chi connectivity index (χ0v) is 12.2. The number of hydrogen-bond acceptors (Lipinski definition) is 3. The molecule has 1 aromatic carbocycles. The molecule has 0 spiro atoms. The molecule has 1 aromatic heterocycles. The van der Waals surface area contributed by atoms with Crippen LogP contribution in [0.25, 0.3) is 11.5 Å². The predicted octanol–water partition coefficient (Wildman–Crippen LogP) is 4.40.